The number of aromatic nitrogens is 2. The third-order valence-electron chi connectivity index (χ3n) is 6.54. The Hall–Kier alpha value is -3.10. The van der Waals surface area contributed by atoms with Gasteiger partial charge in [0, 0.05) is 22.6 Å². The van der Waals surface area contributed by atoms with Gasteiger partial charge < -0.3 is 19.7 Å². The van der Waals surface area contributed by atoms with Gasteiger partial charge in [0.2, 0.25) is 0 Å². The number of carbonyl (C=O) groups excluding carboxylic acids is 1. The molecule has 194 valence electrons. The minimum Gasteiger partial charge on any atom is -0.458 e. The minimum absolute atomic E-state index is 0.141. The highest BCUT2D eigenvalue weighted by atomic mass is 19.1. The van der Waals surface area contributed by atoms with Crippen molar-refractivity contribution in [1.82, 2.24) is 14.9 Å². The van der Waals surface area contributed by atoms with E-state index in [0.717, 1.165) is 41.3 Å². The van der Waals surface area contributed by atoms with E-state index in [1.807, 2.05) is 41.8 Å². The van der Waals surface area contributed by atoms with Crippen LogP contribution in [0.1, 0.15) is 73.6 Å². The van der Waals surface area contributed by atoms with E-state index in [4.69, 9.17) is 9.72 Å². The van der Waals surface area contributed by atoms with Crippen molar-refractivity contribution in [3.8, 4) is 11.4 Å². The first-order valence-electron chi connectivity index (χ1n) is 12.7. The molecule has 0 saturated heterocycles. The molecule has 1 aliphatic carbocycles. The maximum atomic E-state index is 14.5. The standard InChI is InChI=1S/C22H17FN2O4.C2H7N.2C2H6/c1-9-10-3-2-4-11-13-7-25-17(19(13)24-16(18(10)11)6-15(9)23)5-12-14(21(25)27)8-29-22(28)20(12)26;1-3-2;2*1-2/h5-6,20,26H,2-4,7-8H2,1H3;3H,1-2H3;2*1-2H3. The molecule has 1 aromatic carbocycles. The molecule has 0 amide bonds. The van der Waals surface area contributed by atoms with Crippen molar-refractivity contribution in [2.24, 2.45) is 0 Å². The second kappa shape index (κ2) is 11.3. The average Bonchev–Trinajstić information content (AvgIpc) is 3.27. The van der Waals surface area contributed by atoms with Crippen LogP contribution in [0.3, 0.4) is 0 Å². The third kappa shape index (κ3) is 4.33. The number of carbonyl (C=O) groups is 1. The van der Waals surface area contributed by atoms with E-state index >= 15 is 0 Å². The number of aliphatic hydroxyl groups excluding tert-OH is 1. The van der Waals surface area contributed by atoms with Gasteiger partial charge in [-0.15, -0.1) is 0 Å². The Labute approximate surface area is 211 Å². The molecule has 0 spiro atoms. The summed E-state index contributed by atoms with van der Waals surface area (Å²) in [5, 5.41) is 14.0. The minimum atomic E-state index is -1.48. The monoisotopic (exact) mass is 497 g/mol. The van der Waals surface area contributed by atoms with Crippen LogP contribution < -0.4 is 10.9 Å². The van der Waals surface area contributed by atoms with Crippen molar-refractivity contribution in [3.05, 3.63) is 61.7 Å². The van der Waals surface area contributed by atoms with Crippen molar-refractivity contribution in [2.75, 3.05) is 14.1 Å². The normalized spacial score (nSPS) is 16.1. The molecule has 1 atom stereocenters. The fraction of sp³-hybridized carbons (Fsp3) is 0.464. The first-order chi connectivity index (χ1) is 17.4. The van der Waals surface area contributed by atoms with Gasteiger partial charge in [0.25, 0.3) is 5.56 Å². The number of benzene rings is 1. The van der Waals surface area contributed by atoms with Crippen LogP contribution in [-0.2, 0) is 35.5 Å². The molecule has 1 unspecified atom stereocenters. The topological polar surface area (TPSA) is 93.5 Å². The predicted molar refractivity (Wildman–Crippen MR) is 140 cm³/mol. The summed E-state index contributed by atoms with van der Waals surface area (Å²) in [5.74, 6) is -1.03. The largest absolute Gasteiger partial charge is 0.458 e. The number of rotatable bonds is 0. The van der Waals surface area contributed by atoms with Gasteiger partial charge in [-0.1, -0.05) is 27.7 Å². The summed E-state index contributed by atoms with van der Waals surface area (Å²) in [6.45, 7) is 10.0. The van der Waals surface area contributed by atoms with Crippen LogP contribution in [-0.4, -0.2) is 34.7 Å². The first kappa shape index (κ1) is 27.5. The number of cyclic esters (lactones) is 1. The molecule has 3 aliphatic rings. The summed E-state index contributed by atoms with van der Waals surface area (Å²) < 4.78 is 21.1. The number of halogens is 1. The molecule has 0 fully saturated rings. The fourth-order valence-corrected chi connectivity index (χ4v) is 5.06. The number of nitrogens with one attached hydrogen (secondary N) is 1. The van der Waals surface area contributed by atoms with Gasteiger partial charge in [-0.3, -0.25) is 4.79 Å². The van der Waals surface area contributed by atoms with Crippen molar-refractivity contribution >= 4 is 16.9 Å². The maximum absolute atomic E-state index is 14.5. The molecule has 2 aliphatic heterocycles. The van der Waals surface area contributed by atoms with Crippen LogP contribution in [0, 0.1) is 12.7 Å². The summed E-state index contributed by atoms with van der Waals surface area (Å²) in [6.07, 6.45) is 1.12. The Morgan fingerprint density at radius 1 is 1.06 bits per heavy atom. The lowest BCUT2D eigenvalue weighted by Gasteiger charge is -2.22. The van der Waals surface area contributed by atoms with Crippen LogP contribution in [0.4, 0.5) is 4.39 Å². The first-order valence-corrected chi connectivity index (χ1v) is 12.7. The Morgan fingerprint density at radius 3 is 2.36 bits per heavy atom. The molecule has 8 heteroatoms. The zero-order valence-electron chi connectivity index (χ0n) is 22.2. The van der Waals surface area contributed by atoms with Gasteiger partial charge in [0.15, 0.2) is 6.10 Å². The van der Waals surface area contributed by atoms with Gasteiger partial charge >= 0.3 is 5.97 Å². The molecule has 0 saturated carbocycles. The number of ether oxygens (including phenoxy) is 1. The van der Waals surface area contributed by atoms with E-state index in [-0.39, 0.29) is 23.5 Å². The van der Waals surface area contributed by atoms with Crippen LogP contribution >= 0.6 is 0 Å². The lowest BCUT2D eigenvalue weighted by atomic mass is 9.85. The number of pyridine rings is 2. The van der Waals surface area contributed by atoms with Gasteiger partial charge in [-0.05, 0) is 63.0 Å². The SMILES string of the molecule is CC.CC.CNC.Cc1c(F)cc2nc3c(c4c2c1CCC4)Cn1c-3cc2c(c1=O)COC(=O)C2O. The molecule has 4 heterocycles. The zero-order chi connectivity index (χ0) is 26.7. The van der Waals surface area contributed by atoms with Crippen molar-refractivity contribution < 1.29 is 19.0 Å². The van der Waals surface area contributed by atoms with E-state index < -0.39 is 12.1 Å². The maximum Gasteiger partial charge on any atom is 0.340 e. The smallest absolute Gasteiger partial charge is 0.340 e. The van der Waals surface area contributed by atoms with Gasteiger partial charge in [0.1, 0.15) is 12.4 Å². The highest BCUT2D eigenvalue weighted by Crippen LogP contribution is 2.41. The Bertz CT molecular complexity index is 1360. The van der Waals surface area contributed by atoms with E-state index in [1.165, 1.54) is 6.07 Å². The summed E-state index contributed by atoms with van der Waals surface area (Å²) in [5.41, 5.74) is 5.86. The molecule has 0 bridgehead atoms. The third-order valence-corrected chi connectivity index (χ3v) is 6.54. The van der Waals surface area contributed by atoms with Gasteiger partial charge in [-0.25, -0.2) is 14.2 Å². The second-order valence-corrected chi connectivity index (χ2v) is 8.49. The molecule has 3 aromatic rings. The van der Waals surface area contributed by atoms with E-state index in [1.54, 1.807) is 17.6 Å². The van der Waals surface area contributed by atoms with Crippen molar-refractivity contribution in [2.45, 2.75) is 73.1 Å². The van der Waals surface area contributed by atoms with E-state index in [9.17, 15) is 19.1 Å². The number of aliphatic hydroxyl groups is 1. The molecule has 7 nitrogen and oxygen atoms in total. The Balaban J connectivity index is 0.000000473. The van der Waals surface area contributed by atoms with Crippen LogP contribution in [0.5, 0.6) is 0 Å². The quantitative estimate of drug-likeness (QED) is 0.351. The summed E-state index contributed by atoms with van der Waals surface area (Å²) in [6, 6.07) is 3.13. The summed E-state index contributed by atoms with van der Waals surface area (Å²) in [4.78, 5) is 29.6. The number of fused-ring (bicyclic) bond motifs is 5. The van der Waals surface area contributed by atoms with E-state index in [0.29, 0.717) is 34.6 Å². The van der Waals surface area contributed by atoms with E-state index in [2.05, 4.69) is 5.32 Å². The molecular weight excluding hydrogens is 461 g/mol. The molecule has 2 N–H and O–H groups in total. The summed E-state index contributed by atoms with van der Waals surface area (Å²) in [7, 11) is 3.75. The number of nitrogens with zero attached hydrogens (tertiary/aromatic N) is 2. The number of aryl methyl sites for hydroxylation is 2. The van der Waals surface area contributed by atoms with Crippen LogP contribution in [0.2, 0.25) is 0 Å². The van der Waals surface area contributed by atoms with Crippen LogP contribution in [0.25, 0.3) is 22.3 Å². The van der Waals surface area contributed by atoms with Gasteiger partial charge in [0.05, 0.1) is 29.0 Å². The predicted octanol–water partition coefficient (Wildman–Crippen LogP) is 4.34. The highest BCUT2D eigenvalue weighted by Gasteiger charge is 2.35. The average molecular weight is 498 g/mol. The highest BCUT2D eigenvalue weighted by molar-refractivity contribution is 5.92. The van der Waals surface area contributed by atoms with Gasteiger partial charge in [-0.2, -0.15) is 0 Å². The van der Waals surface area contributed by atoms with Crippen molar-refractivity contribution in [3.63, 3.8) is 0 Å². The second-order valence-electron chi connectivity index (χ2n) is 8.49. The van der Waals surface area contributed by atoms with Crippen LogP contribution in [0.15, 0.2) is 16.9 Å². The lowest BCUT2D eigenvalue weighted by Crippen LogP contribution is -2.32. The molecule has 2 aromatic heterocycles. The zero-order valence-corrected chi connectivity index (χ0v) is 22.2. The number of hydrogen-bond acceptors (Lipinski definition) is 6. The Kier molecular flexibility index (Phi) is 8.63. The molecular formula is C28H36FN3O4. The lowest BCUT2D eigenvalue weighted by molar-refractivity contribution is -0.157. The molecule has 36 heavy (non-hydrogen) atoms. The number of hydrogen-bond donors (Lipinski definition) is 2. The molecule has 0 radical (unpaired) electrons. The summed E-state index contributed by atoms with van der Waals surface area (Å²) >= 11 is 0. The number of esters is 1. The molecule has 6 rings (SSSR count). The van der Waals surface area contributed by atoms with Crippen molar-refractivity contribution in [1.29, 1.82) is 0 Å². The fourth-order valence-electron chi connectivity index (χ4n) is 5.06. The Morgan fingerprint density at radius 2 is 1.69 bits per heavy atom.